The van der Waals surface area contributed by atoms with Crippen molar-refractivity contribution in [3.63, 3.8) is 0 Å². The maximum atomic E-state index is 6.25. The lowest BCUT2D eigenvalue weighted by atomic mass is 9.84. The first-order valence-corrected chi connectivity index (χ1v) is 10.1. The summed E-state index contributed by atoms with van der Waals surface area (Å²) in [7, 11) is 0. The summed E-state index contributed by atoms with van der Waals surface area (Å²) in [6.45, 7) is 8.58. The molecule has 4 heterocycles. The molecule has 3 aliphatic heterocycles. The first-order valence-electron chi connectivity index (χ1n) is 9.17. The third-order valence-corrected chi connectivity index (χ3v) is 6.36. The van der Waals surface area contributed by atoms with Gasteiger partial charge in [-0.25, -0.2) is 4.98 Å². The molecule has 0 amide bonds. The van der Waals surface area contributed by atoms with Crippen LogP contribution in [0.1, 0.15) is 36.4 Å². The molecular formula is C18H28N2O3S. The van der Waals surface area contributed by atoms with E-state index >= 15 is 0 Å². The summed E-state index contributed by atoms with van der Waals surface area (Å²) >= 11 is 1.76. The molecule has 0 aliphatic carbocycles. The van der Waals surface area contributed by atoms with Crippen molar-refractivity contribution < 1.29 is 14.2 Å². The number of rotatable bonds is 5. The molecule has 6 heteroatoms. The van der Waals surface area contributed by atoms with Crippen molar-refractivity contribution in [1.29, 1.82) is 0 Å². The maximum absolute atomic E-state index is 6.25. The first-order chi connectivity index (χ1) is 11.7. The standard InChI is InChI=1S/C18H28N2O3S/c1-14-11-24-17(19-14)9-20-12-18(13-20)8-16(4-7-23-18)22-10-15-2-5-21-6-3-15/h11,15-16H,2-10,12-13H2,1H3/t16-/m0/s1. The van der Waals surface area contributed by atoms with Crippen molar-refractivity contribution in [2.24, 2.45) is 5.92 Å². The van der Waals surface area contributed by atoms with Crippen molar-refractivity contribution in [1.82, 2.24) is 9.88 Å². The monoisotopic (exact) mass is 352 g/mol. The van der Waals surface area contributed by atoms with Gasteiger partial charge >= 0.3 is 0 Å². The first kappa shape index (κ1) is 16.9. The van der Waals surface area contributed by atoms with Crippen LogP contribution in [0.2, 0.25) is 0 Å². The fourth-order valence-corrected chi connectivity index (χ4v) is 4.89. The Kier molecular flexibility index (Phi) is 5.20. The van der Waals surface area contributed by atoms with Crippen LogP contribution in [-0.4, -0.2) is 61.1 Å². The molecule has 0 radical (unpaired) electrons. The van der Waals surface area contributed by atoms with Gasteiger partial charge in [-0.2, -0.15) is 0 Å². The average Bonchev–Trinajstić information content (AvgIpc) is 2.98. The third-order valence-electron chi connectivity index (χ3n) is 5.41. The lowest BCUT2D eigenvalue weighted by Gasteiger charge is -2.53. The molecule has 1 spiro atoms. The lowest BCUT2D eigenvalue weighted by molar-refractivity contribution is -0.201. The summed E-state index contributed by atoms with van der Waals surface area (Å²) in [4.78, 5) is 7.01. The number of likely N-dealkylation sites (tertiary alicyclic amines) is 1. The van der Waals surface area contributed by atoms with E-state index in [4.69, 9.17) is 14.2 Å². The van der Waals surface area contributed by atoms with Gasteiger partial charge in [0.15, 0.2) is 0 Å². The van der Waals surface area contributed by atoms with Crippen molar-refractivity contribution in [2.75, 3.05) is 39.5 Å². The Balaban J connectivity index is 1.22. The van der Waals surface area contributed by atoms with Gasteiger partial charge in [0.25, 0.3) is 0 Å². The topological polar surface area (TPSA) is 43.8 Å². The second-order valence-corrected chi connectivity index (χ2v) is 8.51. The number of hydrogen-bond donors (Lipinski definition) is 0. The summed E-state index contributed by atoms with van der Waals surface area (Å²) in [6, 6.07) is 0. The average molecular weight is 353 g/mol. The molecule has 134 valence electrons. The Hall–Kier alpha value is -0.530. The molecule has 1 aromatic heterocycles. The largest absolute Gasteiger partial charge is 0.381 e. The molecule has 24 heavy (non-hydrogen) atoms. The van der Waals surface area contributed by atoms with Gasteiger partial charge in [-0.3, -0.25) is 4.90 Å². The second kappa shape index (κ2) is 7.38. The highest BCUT2D eigenvalue weighted by Crippen LogP contribution is 2.36. The highest BCUT2D eigenvalue weighted by atomic mass is 32.1. The molecule has 0 N–H and O–H groups in total. The molecular weight excluding hydrogens is 324 g/mol. The van der Waals surface area contributed by atoms with Crippen LogP contribution < -0.4 is 0 Å². The molecule has 1 atom stereocenters. The van der Waals surface area contributed by atoms with Crippen LogP contribution >= 0.6 is 11.3 Å². The number of nitrogens with zero attached hydrogens (tertiary/aromatic N) is 2. The van der Waals surface area contributed by atoms with E-state index in [0.29, 0.717) is 12.0 Å². The van der Waals surface area contributed by atoms with Crippen LogP contribution in [0, 0.1) is 12.8 Å². The maximum Gasteiger partial charge on any atom is 0.107 e. The van der Waals surface area contributed by atoms with Gasteiger partial charge in [-0.1, -0.05) is 0 Å². The van der Waals surface area contributed by atoms with Crippen molar-refractivity contribution in [3.05, 3.63) is 16.1 Å². The Bertz CT molecular complexity index is 538. The number of aryl methyl sites for hydroxylation is 1. The van der Waals surface area contributed by atoms with Crippen molar-refractivity contribution in [3.8, 4) is 0 Å². The highest BCUT2D eigenvalue weighted by Gasteiger charge is 2.47. The summed E-state index contributed by atoms with van der Waals surface area (Å²) in [6.07, 6.45) is 4.75. The number of aromatic nitrogens is 1. The quantitative estimate of drug-likeness (QED) is 0.815. The van der Waals surface area contributed by atoms with E-state index in [-0.39, 0.29) is 5.60 Å². The van der Waals surface area contributed by atoms with Gasteiger partial charge in [0.2, 0.25) is 0 Å². The van der Waals surface area contributed by atoms with E-state index in [0.717, 1.165) is 77.4 Å². The van der Waals surface area contributed by atoms with Crippen molar-refractivity contribution in [2.45, 2.75) is 50.9 Å². The van der Waals surface area contributed by atoms with Gasteiger partial charge in [0.1, 0.15) is 5.01 Å². The molecule has 3 fully saturated rings. The van der Waals surface area contributed by atoms with Gasteiger partial charge < -0.3 is 14.2 Å². The smallest absolute Gasteiger partial charge is 0.107 e. The molecule has 1 aromatic rings. The molecule has 0 bridgehead atoms. The Morgan fingerprint density at radius 2 is 2.12 bits per heavy atom. The van der Waals surface area contributed by atoms with E-state index in [1.807, 2.05) is 0 Å². The van der Waals surface area contributed by atoms with Crippen LogP contribution in [0.15, 0.2) is 5.38 Å². The lowest BCUT2D eigenvalue weighted by Crippen LogP contribution is -2.65. The van der Waals surface area contributed by atoms with Gasteiger partial charge in [-0.15, -0.1) is 11.3 Å². The molecule has 5 nitrogen and oxygen atoms in total. The molecule has 3 aliphatic rings. The Morgan fingerprint density at radius 1 is 1.29 bits per heavy atom. The summed E-state index contributed by atoms with van der Waals surface area (Å²) in [5, 5.41) is 3.34. The number of thiazole rings is 1. The van der Waals surface area contributed by atoms with Crippen LogP contribution in [0.5, 0.6) is 0 Å². The molecule has 0 unspecified atom stereocenters. The second-order valence-electron chi connectivity index (χ2n) is 7.56. The highest BCUT2D eigenvalue weighted by molar-refractivity contribution is 7.09. The van der Waals surface area contributed by atoms with E-state index in [1.54, 1.807) is 11.3 Å². The number of hydrogen-bond acceptors (Lipinski definition) is 6. The number of ether oxygens (including phenoxy) is 3. The Labute approximate surface area is 148 Å². The van der Waals surface area contributed by atoms with Gasteiger partial charge in [0.05, 0.1) is 18.2 Å². The van der Waals surface area contributed by atoms with Crippen LogP contribution in [-0.2, 0) is 20.8 Å². The van der Waals surface area contributed by atoms with E-state index in [2.05, 4.69) is 22.2 Å². The van der Waals surface area contributed by atoms with Gasteiger partial charge in [0, 0.05) is 57.0 Å². The van der Waals surface area contributed by atoms with Gasteiger partial charge in [-0.05, 0) is 32.1 Å². The third kappa shape index (κ3) is 3.99. The fraction of sp³-hybridized carbons (Fsp3) is 0.833. The predicted molar refractivity (Wildman–Crippen MR) is 93.3 cm³/mol. The van der Waals surface area contributed by atoms with Crippen molar-refractivity contribution >= 4 is 11.3 Å². The zero-order valence-electron chi connectivity index (χ0n) is 14.5. The van der Waals surface area contributed by atoms with Crippen LogP contribution in [0.3, 0.4) is 0 Å². The minimum absolute atomic E-state index is 0.0326. The minimum Gasteiger partial charge on any atom is -0.381 e. The normalized spacial score (nSPS) is 28.1. The zero-order valence-corrected chi connectivity index (χ0v) is 15.4. The van der Waals surface area contributed by atoms with Crippen LogP contribution in [0.4, 0.5) is 0 Å². The minimum atomic E-state index is 0.0326. The summed E-state index contributed by atoms with van der Waals surface area (Å²) < 4.78 is 17.8. The molecule has 0 saturated carbocycles. The zero-order chi connectivity index (χ0) is 16.4. The van der Waals surface area contributed by atoms with E-state index in [1.165, 1.54) is 5.01 Å². The summed E-state index contributed by atoms with van der Waals surface area (Å²) in [5.74, 6) is 0.684. The molecule has 4 rings (SSSR count). The van der Waals surface area contributed by atoms with Crippen LogP contribution in [0.25, 0.3) is 0 Å². The van der Waals surface area contributed by atoms with E-state index in [9.17, 15) is 0 Å². The molecule has 0 aromatic carbocycles. The SMILES string of the molecule is Cc1csc(CN2CC3(C[C@@H](OCC4CCOCC4)CCO3)C2)n1. The predicted octanol–water partition coefficient (Wildman–Crippen LogP) is 2.63. The Morgan fingerprint density at radius 3 is 2.88 bits per heavy atom. The fourth-order valence-electron chi connectivity index (χ4n) is 4.08. The summed E-state index contributed by atoms with van der Waals surface area (Å²) in [5.41, 5.74) is 1.16. The molecule has 3 saturated heterocycles. The van der Waals surface area contributed by atoms with E-state index < -0.39 is 0 Å².